The molecule has 0 saturated carbocycles. The molecule has 37 heavy (non-hydrogen) atoms. The molecule has 3 amide bonds. The fourth-order valence-corrected chi connectivity index (χ4v) is 4.33. The van der Waals surface area contributed by atoms with E-state index in [0.29, 0.717) is 33.4 Å². The quantitative estimate of drug-likeness (QED) is 0.390. The number of nitrogens with zero attached hydrogens (tertiary/aromatic N) is 3. The van der Waals surface area contributed by atoms with E-state index in [2.05, 4.69) is 20.8 Å². The molecule has 2 N–H and O–H groups in total. The summed E-state index contributed by atoms with van der Waals surface area (Å²) in [5.74, 6) is -0.0594. The van der Waals surface area contributed by atoms with Gasteiger partial charge in [0.1, 0.15) is 11.8 Å². The van der Waals surface area contributed by atoms with Crippen LogP contribution >= 0.6 is 11.6 Å². The minimum atomic E-state index is -0.791. The highest BCUT2D eigenvalue weighted by atomic mass is 35.5. The zero-order chi connectivity index (χ0) is 25.9. The lowest BCUT2D eigenvalue weighted by Crippen LogP contribution is -2.46. The Morgan fingerprint density at radius 3 is 2.62 bits per heavy atom. The summed E-state index contributed by atoms with van der Waals surface area (Å²) in [6.45, 7) is 1.89. The number of benzene rings is 2. The van der Waals surface area contributed by atoms with Gasteiger partial charge < -0.3 is 20.1 Å². The zero-order valence-electron chi connectivity index (χ0n) is 19.8. The standard InChI is InChI=1S/C27H22ClN5O4/c1-16-11-24(32-37-16)31-25(34)19-6-4-17(5-7-19)15-33-23(12-18-3-2-10-29-14-18)26(35)30-22-13-20(28)8-9-21(22)27(33)36/h2-11,13-14,23H,12,15H2,1H3,(H,30,35)(H,31,32,34)/t23-/m1/s1. The summed E-state index contributed by atoms with van der Waals surface area (Å²) in [6, 6.07) is 16.1. The number of fused-ring (bicyclic) bond motifs is 1. The molecule has 3 heterocycles. The van der Waals surface area contributed by atoms with Crippen LogP contribution < -0.4 is 10.6 Å². The minimum absolute atomic E-state index is 0.156. The lowest BCUT2D eigenvalue weighted by Gasteiger charge is -2.29. The van der Waals surface area contributed by atoms with Crippen molar-refractivity contribution in [1.29, 1.82) is 0 Å². The van der Waals surface area contributed by atoms with Crippen LogP contribution in [0.15, 0.2) is 77.6 Å². The highest BCUT2D eigenvalue weighted by molar-refractivity contribution is 6.31. The van der Waals surface area contributed by atoms with Crippen LogP contribution in [0.3, 0.4) is 0 Å². The third-order valence-corrected chi connectivity index (χ3v) is 6.24. The summed E-state index contributed by atoms with van der Waals surface area (Å²) >= 11 is 6.12. The van der Waals surface area contributed by atoms with Crippen molar-refractivity contribution in [2.45, 2.75) is 25.9 Å². The van der Waals surface area contributed by atoms with Crippen LogP contribution in [0.5, 0.6) is 0 Å². The van der Waals surface area contributed by atoms with E-state index < -0.39 is 6.04 Å². The molecule has 2 aromatic heterocycles. The molecule has 2 aromatic carbocycles. The van der Waals surface area contributed by atoms with Crippen LogP contribution in [-0.4, -0.2) is 38.8 Å². The number of aryl methyl sites for hydroxylation is 1. The fraction of sp³-hybridized carbons (Fsp3) is 0.148. The second-order valence-electron chi connectivity index (χ2n) is 8.67. The van der Waals surface area contributed by atoms with Crippen LogP contribution in [-0.2, 0) is 17.8 Å². The summed E-state index contributed by atoms with van der Waals surface area (Å²) in [5.41, 5.74) is 2.71. The Labute approximate surface area is 217 Å². The van der Waals surface area contributed by atoms with Crippen molar-refractivity contribution in [2.24, 2.45) is 0 Å². The van der Waals surface area contributed by atoms with E-state index in [1.807, 2.05) is 6.07 Å². The largest absolute Gasteiger partial charge is 0.360 e. The normalized spacial score (nSPS) is 15.1. The van der Waals surface area contributed by atoms with Gasteiger partial charge in [0.15, 0.2) is 5.82 Å². The van der Waals surface area contributed by atoms with Crippen molar-refractivity contribution in [3.63, 3.8) is 0 Å². The van der Waals surface area contributed by atoms with Crippen molar-refractivity contribution < 1.29 is 18.9 Å². The van der Waals surface area contributed by atoms with E-state index in [0.717, 1.165) is 11.1 Å². The van der Waals surface area contributed by atoms with Gasteiger partial charge in [-0.1, -0.05) is 35.0 Å². The number of carbonyl (C=O) groups excluding carboxylic acids is 3. The fourth-order valence-electron chi connectivity index (χ4n) is 4.16. The van der Waals surface area contributed by atoms with Crippen molar-refractivity contribution >= 4 is 40.8 Å². The molecule has 5 rings (SSSR count). The van der Waals surface area contributed by atoms with E-state index in [9.17, 15) is 14.4 Å². The highest BCUT2D eigenvalue weighted by Gasteiger charge is 2.35. The third kappa shape index (κ3) is 5.36. The predicted octanol–water partition coefficient (Wildman–Crippen LogP) is 4.49. The molecule has 0 bridgehead atoms. The predicted molar refractivity (Wildman–Crippen MR) is 137 cm³/mol. The van der Waals surface area contributed by atoms with E-state index in [1.165, 1.54) is 4.90 Å². The molecule has 1 aliphatic heterocycles. The van der Waals surface area contributed by atoms with Gasteiger partial charge in [0.2, 0.25) is 5.91 Å². The lowest BCUT2D eigenvalue weighted by atomic mass is 10.0. The number of anilines is 2. The maximum atomic E-state index is 13.7. The first-order valence-corrected chi connectivity index (χ1v) is 11.9. The van der Waals surface area contributed by atoms with Crippen molar-refractivity contribution in [3.05, 3.63) is 106 Å². The molecule has 10 heteroatoms. The minimum Gasteiger partial charge on any atom is -0.360 e. The Bertz CT molecular complexity index is 1470. The Balaban J connectivity index is 1.42. The number of halogens is 1. The monoisotopic (exact) mass is 515 g/mol. The van der Waals surface area contributed by atoms with Gasteiger partial charge in [0.05, 0.1) is 11.3 Å². The van der Waals surface area contributed by atoms with Gasteiger partial charge in [-0.3, -0.25) is 19.4 Å². The second-order valence-corrected chi connectivity index (χ2v) is 9.10. The molecule has 1 aliphatic rings. The molecule has 1 atom stereocenters. The molecule has 0 saturated heterocycles. The topological polar surface area (TPSA) is 117 Å². The second kappa shape index (κ2) is 10.2. The average molecular weight is 516 g/mol. The summed E-state index contributed by atoms with van der Waals surface area (Å²) in [4.78, 5) is 45.2. The Morgan fingerprint density at radius 2 is 1.92 bits per heavy atom. The van der Waals surface area contributed by atoms with Crippen LogP contribution in [0.4, 0.5) is 11.5 Å². The van der Waals surface area contributed by atoms with Gasteiger partial charge in [-0.2, -0.15) is 0 Å². The molecule has 0 radical (unpaired) electrons. The van der Waals surface area contributed by atoms with Crippen LogP contribution in [0, 0.1) is 6.92 Å². The molecule has 9 nitrogen and oxygen atoms in total. The van der Waals surface area contributed by atoms with E-state index in [-0.39, 0.29) is 30.7 Å². The number of nitrogens with one attached hydrogen (secondary N) is 2. The van der Waals surface area contributed by atoms with Gasteiger partial charge in [-0.25, -0.2) is 0 Å². The SMILES string of the molecule is Cc1cc(NC(=O)c2ccc(CN3C(=O)c4ccc(Cl)cc4NC(=O)[C@H]3Cc3cccnc3)cc2)no1. The summed E-state index contributed by atoms with van der Waals surface area (Å²) in [6.07, 6.45) is 3.61. The van der Waals surface area contributed by atoms with E-state index in [1.54, 1.807) is 73.9 Å². The van der Waals surface area contributed by atoms with Crippen LogP contribution in [0.1, 0.15) is 37.6 Å². The Morgan fingerprint density at radius 1 is 1.11 bits per heavy atom. The summed E-state index contributed by atoms with van der Waals surface area (Å²) in [5, 5.41) is 9.71. The first-order chi connectivity index (χ1) is 17.9. The molecular formula is C27H22ClN5O4. The van der Waals surface area contributed by atoms with Gasteiger partial charge in [0.25, 0.3) is 11.8 Å². The third-order valence-electron chi connectivity index (χ3n) is 6.00. The summed E-state index contributed by atoms with van der Waals surface area (Å²) < 4.78 is 4.97. The molecule has 0 unspecified atom stereocenters. The average Bonchev–Trinajstić information content (AvgIpc) is 3.27. The maximum Gasteiger partial charge on any atom is 0.256 e. The van der Waals surface area contributed by atoms with Crippen molar-refractivity contribution in [1.82, 2.24) is 15.0 Å². The summed E-state index contributed by atoms with van der Waals surface area (Å²) in [7, 11) is 0. The number of carbonyl (C=O) groups is 3. The van der Waals surface area contributed by atoms with Gasteiger partial charge in [-0.15, -0.1) is 0 Å². The first-order valence-electron chi connectivity index (χ1n) is 11.5. The maximum absolute atomic E-state index is 13.7. The number of hydrogen-bond donors (Lipinski definition) is 2. The molecule has 0 spiro atoms. The van der Waals surface area contributed by atoms with Crippen molar-refractivity contribution in [2.75, 3.05) is 10.6 Å². The highest BCUT2D eigenvalue weighted by Crippen LogP contribution is 2.29. The molecule has 186 valence electrons. The smallest absolute Gasteiger partial charge is 0.256 e. The number of amides is 3. The number of aromatic nitrogens is 2. The number of hydrogen-bond acceptors (Lipinski definition) is 6. The zero-order valence-corrected chi connectivity index (χ0v) is 20.5. The van der Waals surface area contributed by atoms with Crippen LogP contribution in [0.2, 0.25) is 5.02 Å². The Hall–Kier alpha value is -4.50. The number of pyridine rings is 1. The van der Waals surface area contributed by atoms with Gasteiger partial charge >= 0.3 is 0 Å². The molecule has 4 aromatic rings. The van der Waals surface area contributed by atoms with Crippen molar-refractivity contribution in [3.8, 4) is 0 Å². The Kier molecular flexibility index (Phi) is 6.70. The molecule has 0 aliphatic carbocycles. The molecule has 0 fully saturated rings. The van der Waals surface area contributed by atoms with E-state index in [4.69, 9.17) is 16.1 Å². The first kappa shape index (κ1) is 24.2. The van der Waals surface area contributed by atoms with Gasteiger partial charge in [0, 0.05) is 42.0 Å². The lowest BCUT2D eigenvalue weighted by molar-refractivity contribution is -0.120. The molecular weight excluding hydrogens is 494 g/mol. The number of rotatable bonds is 6. The van der Waals surface area contributed by atoms with Gasteiger partial charge in [-0.05, 0) is 54.4 Å². The van der Waals surface area contributed by atoms with E-state index >= 15 is 0 Å². The van der Waals surface area contributed by atoms with Crippen LogP contribution in [0.25, 0.3) is 0 Å².